The molecular formula is C18H25N5O4. The number of rotatable bonds is 4. The quantitative estimate of drug-likeness (QED) is 0.606. The Bertz CT molecular complexity index is 855. The molecule has 2 aliphatic carbocycles. The van der Waals surface area contributed by atoms with Crippen LogP contribution in [0.15, 0.2) is 12.7 Å². The molecule has 1 saturated heterocycles. The van der Waals surface area contributed by atoms with Crippen LogP contribution in [0.25, 0.3) is 11.2 Å². The summed E-state index contributed by atoms with van der Waals surface area (Å²) in [7, 11) is 0. The SMILES string of the molecule is C[C@@]1(O)[C@@H](CO)O[C@@H](n2cnc3c(NC4CC5CCC4C5)ncnc32)[C@@H]1O. The molecule has 1 aliphatic heterocycles. The minimum absolute atomic E-state index is 0.390. The van der Waals surface area contributed by atoms with Crippen LogP contribution in [-0.4, -0.2) is 65.3 Å². The van der Waals surface area contributed by atoms with Crippen molar-refractivity contribution in [2.75, 3.05) is 11.9 Å². The van der Waals surface area contributed by atoms with E-state index in [4.69, 9.17) is 4.74 Å². The number of aromatic nitrogens is 4. The number of nitrogens with zero attached hydrogens (tertiary/aromatic N) is 4. The molecule has 3 fully saturated rings. The van der Waals surface area contributed by atoms with Crippen molar-refractivity contribution < 1.29 is 20.1 Å². The Morgan fingerprint density at radius 3 is 2.81 bits per heavy atom. The van der Waals surface area contributed by atoms with Gasteiger partial charge in [-0.05, 0) is 38.0 Å². The summed E-state index contributed by atoms with van der Waals surface area (Å²) in [4.78, 5) is 13.1. The van der Waals surface area contributed by atoms with Crippen LogP contribution in [-0.2, 0) is 4.74 Å². The van der Waals surface area contributed by atoms with Gasteiger partial charge in [-0.3, -0.25) is 4.57 Å². The predicted molar refractivity (Wildman–Crippen MR) is 95.8 cm³/mol. The summed E-state index contributed by atoms with van der Waals surface area (Å²) in [6.07, 6.45) is 5.08. The maximum Gasteiger partial charge on any atom is 0.167 e. The maximum atomic E-state index is 10.5. The highest BCUT2D eigenvalue weighted by Gasteiger charge is 2.53. The van der Waals surface area contributed by atoms with E-state index in [-0.39, 0.29) is 6.61 Å². The second-order valence-electron chi connectivity index (χ2n) is 8.34. The summed E-state index contributed by atoms with van der Waals surface area (Å²) >= 11 is 0. The average Bonchev–Trinajstić information content (AvgIpc) is 3.40. The molecular weight excluding hydrogens is 350 g/mol. The number of ether oxygens (including phenoxy) is 1. The summed E-state index contributed by atoms with van der Waals surface area (Å²) in [6.45, 7) is 1.06. The van der Waals surface area contributed by atoms with Crippen LogP contribution in [0.4, 0.5) is 5.82 Å². The smallest absolute Gasteiger partial charge is 0.167 e. The van der Waals surface area contributed by atoms with E-state index in [0.717, 1.165) is 5.92 Å². The van der Waals surface area contributed by atoms with Crippen molar-refractivity contribution in [2.45, 2.75) is 62.7 Å². The Balaban J connectivity index is 1.46. The highest BCUT2D eigenvalue weighted by Crippen LogP contribution is 2.46. The normalized spacial score (nSPS) is 40.9. The molecule has 2 aromatic rings. The number of anilines is 1. The van der Waals surface area contributed by atoms with E-state index in [2.05, 4.69) is 20.3 Å². The third-order valence-corrected chi connectivity index (χ3v) is 6.68. The van der Waals surface area contributed by atoms with Gasteiger partial charge >= 0.3 is 0 Å². The molecule has 7 atom stereocenters. The van der Waals surface area contributed by atoms with Crippen molar-refractivity contribution in [2.24, 2.45) is 11.8 Å². The molecule has 0 amide bonds. The number of fused-ring (bicyclic) bond motifs is 3. The van der Waals surface area contributed by atoms with Gasteiger partial charge in [0.05, 0.1) is 12.9 Å². The highest BCUT2D eigenvalue weighted by molar-refractivity contribution is 5.82. The van der Waals surface area contributed by atoms with Gasteiger partial charge in [-0.1, -0.05) is 6.42 Å². The van der Waals surface area contributed by atoms with E-state index in [1.54, 1.807) is 4.57 Å². The number of aliphatic hydroxyl groups excluding tert-OH is 2. The Hall–Kier alpha value is -1.81. The number of nitrogens with one attached hydrogen (secondary N) is 1. The van der Waals surface area contributed by atoms with Crippen LogP contribution < -0.4 is 5.32 Å². The molecule has 5 rings (SSSR count). The van der Waals surface area contributed by atoms with Crippen molar-refractivity contribution in [3.8, 4) is 0 Å². The van der Waals surface area contributed by atoms with Crippen LogP contribution in [0.3, 0.4) is 0 Å². The lowest BCUT2D eigenvalue weighted by molar-refractivity contribution is -0.0804. The van der Waals surface area contributed by atoms with Gasteiger partial charge in [0.15, 0.2) is 23.2 Å². The Kier molecular flexibility index (Phi) is 3.91. The van der Waals surface area contributed by atoms with Gasteiger partial charge in [-0.25, -0.2) is 15.0 Å². The fourth-order valence-corrected chi connectivity index (χ4v) is 5.05. The first-order chi connectivity index (χ1) is 13.0. The average molecular weight is 375 g/mol. The van der Waals surface area contributed by atoms with Gasteiger partial charge in [0.25, 0.3) is 0 Å². The Labute approximate surface area is 156 Å². The largest absolute Gasteiger partial charge is 0.394 e. The summed E-state index contributed by atoms with van der Waals surface area (Å²) in [5.41, 5.74) is -0.426. The number of imidazole rings is 1. The number of hydrogen-bond donors (Lipinski definition) is 4. The van der Waals surface area contributed by atoms with Gasteiger partial charge in [0, 0.05) is 6.04 Å². The monoisotopic (exact) mass is 375 g/mol. The first-order valence-electron chi connectivity index (χ1n) is 9.60. The molecule has 146 valence electrons. The van der Waals surface area contributed by atoms with Gasteiger partial charge in [0.2, 0.25) is 0 Å². The summed E-state index contributed by atoms with van der Waals surface area (Å²) in [6, 6.07) is 0.417. The molecule has 0 radical (unpaired) electrons. The lowest BCUT2D eigenvalue weighted by Crippen LogP contribution is -2.46. The van der Waals surface area contributed by atoms with Gasteiger partial charge in [0.1, 0.15) is 24.1 Å². The summed E-state index contributed by atoms with van der Waals surface area (Å²) < 4.78 is 7.29. The molecule has 2 aromatic heterocycles. The molecule has 9 heteroatoms. The number of hydrogen-bond acceptors (Lipinski definition) is 8. The third-order valence-electron chi connectivity index (χ3n) is 6.68. The molecule has 3 aliphatic rings. The maximum absolute atomic E-state index is 10.5. The molecule has 2 saturated carbocycles. The van der Waals surface area contributed by atoms with E-state index in [1.165, 1.54) is 45.3 Å². The minimum Gasteiger partial charge on any atom is -0.394 e. The first-order valence-corrected chi connectivity index (χ1v) is 9.60. The molecule has 3 unspecified atom stereocenters. The molecule has 0 spiro atoms. The fourth-order valence-electron chi connectivity index (χ4n) is 5.05. The summed E-state index contributed by atoms with van der Waals surface area (Å²) in [5, 5.41) is 34.0. The lowest BCUT2D eigenvalue weighted by atomic mass is 9.95. The summed E-state index contributed by atoms with van der Waals surface area (Å²) in [5.74, 6) is 2.21. The van der Waals surface area contributed by atoms with Crippen LogP contribution in [0.5, 0.6) is 0 Å². The van der Waals surface area contributed by atoms with Crippen LogP contribution in [0.1, 0.15) is 38.8 Å². The van der Waals surface area contributed by atoms with E-state index >= 15 is 0 Å². The van der Waals surface area contributed by atoms with E-state index in [1.807, 2.05) is 0 Å². The third kappa shape index (κ3) is 2.56. The number of aliphatic hydroxyl groups is 3. The highest BCUT2D eigenvalue weighted by atomic mass is 16.6. The molecule has 27 heavy (non-hydrogen) atoms. The van der Waals surface area contributed by atoms with Gasteiger partial charge in [-0.2, -0.15) is 0 Å². The zero-order valence-electron chi connectivity index (χ0n) is 15.2. The zero-order valence-corrected chi connectivity index (χ0v) is 15.2. The van der Waals surface area contributed by atoms with Crippen LogP contribution in [0.2, 0.25) is 0 Å². The van der Waals surface area contributed by atoms with Crippen molar-refractivity contribution in [1.82, 2.24) is 19.5 Å². The second-order valence-corrected chi connectivity index (χ2v) is 8.34. The topological polar surface area (TPSA) is 126 Å². The Morgan fingerprint density at radius 2 is 2.15 bits per heavy atom. The minimum atomic E-state index is -1.56. The first kappa shape index (κ1) is 17.3. The molecule has 2 bridgehead atoms. The van der Waals surface area contributed by atoms with E-state index < -0.39 is 24.0 Å². The van der Waals surface area contributed by atoms with Crippen molar-refractivity contribution in [1.29, 1.82) is 0 Å². The fraction of sp³-hybridized carbons (Fsp3) is 0.722. The van der Waals surface area contributed by atoms with Crippen LogP contribution in [0, 0.1) is 11.8 Å². The standard InChI is InChI=1S/C18H25N5O4/c1-18(26)12(6-24)27-17(14(18)25)23-8-21-13-15(19-7-20-16(13)23)22-11-5-9-2-3-10(11)4-9/h7-12,14,17,24-26H,2-6H2,1H3,(H,19,20,22)/t9?,10?,11?,12-,14+,17-,18-/m1/s1. The van der Waals surface area contributed by atoms with Crippen molar-refractivity contribution in [3.63, 3.8) is 0 Å². The van der Waals surface area contributed by atoms with E-state index in [9.17, 15) is 15.3 Å². The van der Waals surface area contributed by atoms with Crippen LogP contribution >= 0.6 is 0 Å². The zero-order chi connectivity index (χ0) is 18.8. The lowest BCUT2D eigenvalue weighted by Gasteiger charge is -2.25. The van der Waals surface area contributed by atoms with E-state index in [0.29, 0.717) is 28.9 Å². The van der Waals surface area contributed by atoms with Gasteiger partial charge in [-0.15, -0.1) is 0 Å². The van der Waals surface area contributed by atoms with Crippen molar-refractivity contribution in [3.05, 3.63) is 12.7 Å². The molecule has 9 nitrogen and oxygen atoms in total. The Morgan fingerprint density at radius 1 is 1.30 bits per heavy atom. The second kappa shape index (κ2) is 6.10. The van der Waals surface area contributed by atoms with Crippen molar-refractivity contribution >= 4 is 17.0 Å². The molecule has 0 aromatic carbocycles. The van der Waals surface area contributed by atoms with Gasteiger partial charge < -0.3 is 25.4 Å². The molecule has 4 N–H and O–H groups in total. The molecule has 3 heterocycles. The predicted octanol–water partition coefficient (Wildman–Crippen LogP) is 0.428.